The van der Waals surface area contributed by atoms with Crippen molar-refractivity contribution in [1.29, 1.82) is 0 Å². The fraction of sp³-hybridized carbons (Fsp3) is 0.368. The van der Waals surface area contributed by atoms with Gasteiger partial charge in [-0.15, -0.1) is 0 Å². The van der Waals surface area contributed by atoms with E-state index < -0.39 is 10.1 Å². The van der Waals surface area contributed by atoms with E-state index in [1.807, 2.05) is 18.2 Å². The molecule has 1 aliphatic heterocycles. The number of nitrogens with zero attached hydrogens (tertiary/aromatic N) is 1. The first kappa shape index (κ1) is 18.1. The predicted octanol–water partition coefficient (Wildman–Crippen LogP) is 2.68. The van der Waals surface area contributed by atoms with Gasteiger partial charge in [0, 0.05) is 12.6 Å². The molecular formula is C19H23NO4S. The molecule has 2 atom stereocenters. The largest absolute Gasteiger partial charge is 0.359 e. The SMILES string of the molecule is CC(Cc1ccccc1)N1COC(COS(=O)(=O)c2ccccc2)C1. The van der Waals surface area contributed by atoms with Crippen molar-refractivity contribution in [2.24, 2.45) is 0 Å². The van der Waals surface area contributed by atoms with Crippen molar-refractivity contribution in [1.82, 2.24) is 4.90 Å². The summed E-state index contributed by atoms with van der Waals surface area (Å²) < 4.78 is 35.2. The van der Waals surface area contributed by atoms with E-state index in [9.17, 15) is 8.42 Å². The molecule has 2 aromatic rings. The third kappa shape index (κ3) is 4.89. The Balaban J connectivity index is 1.50. The van der Waals surface area contributed by atoms with Gasteiger partial charge in [-0.2, -0.15) is 8.42 Å². The lowest BCUT2D eigenvalue weighted by atomic mass is 10.1. The maximum Gasteiger partial charge on any atom is 0.297 e. The van der Waals surface area contributed by atoms with Crippen LogP contribution in [0.5, 0.6) is 0 Å². The van der Waals surface area contributed by atoms with Crippen LogP contribution < -0.4 is 0 Å². The Morgan fingerprint density at radius 2 is 1.76 bits per heavy atom. The van der Waals surface area contributed by atoms with Gasteiger partial charge in [0.2, 0.25) is 0 Å². The summed E-state index contributed by atoms with van der Waals surface area (Å²) in [5, 5.41) is 0. The van der Waals surface area contributed by atoms with Crippen LogP contribution in [0.2, 0.25) is 0 Å². The maximum atomic E-state index is 12.2. The summed E-state index contributed by atoms with van der Waals surface area (Å²) in [4.78, 5) is 2.37. The molecule has 134 valence electrons. The van der Waals surface area contributed by atoms with E-state index in [2.05, 4.69) is 24.0 Å². The van der Waals surface area contributed by atoms with Gasteiger partial charge < -0.3 is 4.74 Å². The van der Waals surface area contributed by atoms with E-state index in [0.717, 1.165) is 6.42 Å². The zero-order valence-corrected chi connectivity index (χ0v) is 15.1. The number of hydrogen-bond acceptors (Lipinski definition) is 5. The highest BCUT2D eigenvalue weighted by molar-refractivity contribution is 7.86. The summed E-state index contributed by atoms with van der Waals surface area (Å²) >= 11 is 0. The van der Waals surface area contributed by atoms with E-state index in [1.165, 1.54) is 17.7 Å². The molecule has 5 nitrogen and oxygen atoms in total. The molecule has 3 rings (SSSR count). The molecule has 2 aromatic carbocycles. The number of hydrogen-bond donors (Lipinski definition) is 0. The minimum absolute atomic E-state index is 0.0335. The zero-order valence-electron chi connectivity index (χ0n) is 14.2. The highest BCUT2D eigenvalue weighted by Gasteiger charge is 2.28. The molecule has 0 bridgehead atoms. The van der Waals surface area contributed by atoms with Crippen molar-refractivity contribution < 1.29 is 17.3 Å². The number of ether oxygens (including phenoxy) is 1. The quantitative estimate of drug-likeness (QED) is 0.710. The van der Waals surface area contributed by atoms with E-state index in [4.69, 9.17) is 8.92 Å². The van der Waals surface area contributed by atoms with Gasteiger partial charge in [-0.25, -0.2) is 0 Å². The Bertz CT molecular complexity index is 765. The molecule has 0 N–H and O–H groups in total. The Hall–Kier alpha value is -1.73. The Morgan fingerprint density at radius 3 is 2.44 bits per heavy atom. The van der Waals surface area contributed by atoms with Gasteiger partial charge in [-0.05, 0) is 31.0 Å². The Kier molecular flexibility index (Phi) is 5.86. The van der Waals surface area contributed by atoms with Gasteiger partial charge in [0.1, 0.15) is 0 Å². The monoisotopic (exact) mass is 361 g/mol. The highest BCUT2D eigenvalue weighted by Crippen LogP contribution is 2.18. The molecule has 1 heterocycles. The smallest absolute Gasteiger partial charge is 0.297 e. The van der Waals surface area contributed by atoms with Crippen molar-refractivity contribution in [2.45, 2.75) is 30.4 Å². The molecule has 0 spiro atoms. The number of benzene rings is 2. The average molecular weight is 361 g/mol. The minimum atomic E-state index is -3.73. The molecule has 6 heteroatoms. The molecule has 1 saturated heterocycles. The molecular weight excluding hydrogens is 338 g/mol. The highest BCUT2D eigenvalue weighted by atomic mass is 32.2. The van der Waals surface area contributed by atoms with Crippen LogP contribution in [-0.2, 0) is 25.5 Å². The summed E-state index contributed by atoms with van der Waals surface area (Å²) in [5.41, 5.74) is 1.28. The van der Waals surface area contributed by atoms with Crippen molar-refractivity contribution >= 4 is 10.1 Å². The molecule has 0 aliphatic carbocycles. The van der Waals surface area contributed by atoms with Crippen LogP contribution in [0.4, 0.5) is 0 Å². The van der Waals surface area contributed by atoms with Gasteiger partial charge in [-0.1, -0.05) is 48.5 Å². The summed E-state index contributed by atoms with van der Waals surface area (Å²) in [6, 6.07) is 18.8. The first-order chi connectivity index (χ1) is 12.0. The zero-order chi connectivity index (χ0) is 17.7. The maximum absolute atomic E-state index is 12.2. The predicted molar refractivity (Wildman–Crippen MR) is 95.6 cm³/mol. The van der Waals surface area contributed by atoms with E-state index in [-0.39, 0.29) is 17.6 Å². The minimum Gasteiger partial charge on any atom is -0.359 e. The lowest BCUT2D eigenvalue weighted by Gasteiger charge is -2.22. The van der Waals surface area contributed by atoms with Crippen LogP contribution >= 0.6 is 0 Å². The summed E-state index contributed by atoms with van der Waals surface area (Å²) in [5.74, 6) is 0. The van der Waals surface area contributed by atoms with Crippen molar-refractivity contribution in [3.8, 4) is 0 Å². The Morgan fingerprint density at radius 1 is 1.12 bits per heavy atom. The van der Waals surface area contributed by atoms with Crippen LogP contribution in [0.1, 0.15) is 12.5 Å². The summed E-state index contributed by atoms with van der Waals surface area (Å²) in [6.07, 6.45) is 0.691. The van der Waals surface area contributed by atoms with Crippen LogP contribution in [-0.4, -0.2) is 45.3 Å². The van der Waals surface area contributed by atoms with E-state index >= 15 is 0 Å². The van der Waals surface area contributed by atoms with Crippen molar-refractivity contribution in [2.75, 3.05) is 19.9 Å². The van der Waals surface area contributed by atoms with Gasteiger partial charge >= 0.3 is 0 Å². The second-order valence-electron chi connectivity index (χ2n) is 6.28. The van der Waals surface area contributed by atoms with Crippen LogP contribution in [0.3, 0.4) is 0 Å². The van der Waals surface area contributed by atoms with Gasteiger partial charge in [0.05, 0.1) is 24.3 Å². The molecule has 1 aliphatic rings. The van der Waals surface area contributed by atoms with Crippen molar-refractivity contribution in [3.63, 3.8) is 0 Å². The second-order valence-corrected chi connectivity index (χ2v) is 7.89. The molecule has 25 heavy (non-hydrogen) atoms. The van der Waals surface area contributed by atoms with Gasteiger partial charge in [0.15, 0.2) is 0 Å². The average Bonchev–Trinajstić information content (AvgIpc) is 3.11. The lowest BCUT2D eigenvalue weighted by molar-refractivity contribution is 0.0553. The molecule has 0 amide bonds. The fourth-order valence-electron chi connectivity index (χ4n) is 2.88. The molecule has 2 unspecified atom stereocenters. The standard InChI is InChI=1S/C19H23NO4S/c1-16(12-17-8-4-2-5-9-17)20-13-18(23-15-20)14-24-25(21,22)19-10-6-3-7-11-19/h2-11,16,18H,12-15H2,1H3. The first-order valence-electron chi connectivity index (χ1n) is 8.38. The molecule has 0 radical (unpaired) electrons. The third-order valence-electron chi connectivity index (χ3n) is 4.35. The molecule has 1 fully saturated rings. The van der Waals surface area contributed by atoms with Gasteiger partial charge in [0.25, 0.3) is 10.1 Å². The topological polar surface area (TPSA) is 55.8 Å². The van der Waals surface area contributed by atoms with Crippen molar-refractivity contribution in [3.05, 3.63) is 66.2 Å². The number of rotatable bonds is 7. The summed E-state index contributed by atoms with van der Waals surface area (Å²) in [6.45, 7) is 3.35. The third-order valence-corrected chi connectivity index (χ3v) is 5.65. The molecule has 0 aromatic heterocycles. The Labute approximate surface area is 149 Å². The normalized spacial score (nSPS) is 19.8. The van der Waals surface area contributed by atoms with Crippen LogP contribution in [0.25, 0.3) is 0 Å². The lowest BCUT2D eigenvalue weighted by Crippen LogP contribution is -2.34. The fourth-order valence-corrected chi connectivity index (χ4v) is 3.84. The molecule has 0 saturated carbocycles. The van der Waals surface area contributed by atoms with Gasteiger partial charge in [-0.3, -0.25) is 9.08 Å². The second kappa shape index (κ2) is 8.10. The first-order valence-corrected chi connectivity index (χ1v) is 9.79. The summed E-state index contributed by atoms with van der Waals surface area (Å²) in [7, 11) is -3.73. The van der Waals surface area contributed by atoms with E-state index in [0.29, 0.717) is 19.3 Å². The van der Waals surface area contributed by atoms with Crippen LogP contribution in [0.15, 0.2) is 65.6 Å². The van der Waals surface area contributed by atoms with E-state index in [1.54, 1.807) is 18.2 Å². The van der Waals surface area contributed by atoms with Crippen LogP contribution in [0, 0.1) is 0 Å².